The summed E-state index contributed by atoms with van der Waals surface area (Å²) in [4.78, 5) is 14.6. The standard InChI is InChI=1S/C16H24N2O3S/c1-4-17-22(20,21)14-6-5-13(3)15(11-14)16(19)18-9-7-12(2)8-10-18/h5-6,11-12,17H,4,7-10H2,1-3H3. The molecule has 5 nitrogen and oxygen atoms in total. The van der Waals surface area contributed by atoms with Crippen molar-refractivity contribution in [1.82, 2.24) is 9.62 Å². The summed E-state index contributed by atoms with van der Waals surface area (Å²) in [5.41, 5.74) is 1.28. The highest BCUT2D eigenvalue weighted by Gasteiger charge is 2.24. The number of carbonyl (C=O) groups excluding carboxylic acids is 1. The van der Waals surface area contributed by atoms with Crippen LogP contribution in [0.15, 0.2) is 23.1 Å². The molecule has 1 amide bonds. The first-order chi connectivity index (χ1) is 10.3. The van der Waals surface area contributed by atoms with Crippen LogP contribution in [0.5, 0.6) is 0 Å². The lowest BCUT2D eigenvalue weighted by atomic mass is 9.98. The molecule has 2 rings (SSSR count). The first kappa shape index (κ1) is 17.0. The van der Waals surface area contributed by atoms with Crippen LogP contribution < -0.4 is 4.72 Å². The topological polar surface area (TPSA) is 66.5 Å². The summed E-state index contributed by atoms with van der Waals surface area (Å²) in [6, 6.07) is 4.74. The van der Waals surface area contributed by atoms with E-state index in [1.54, 1.807) is 19.1 Å². The highest BCUT2D eigenvalue weighted by Crippen LogP contribution is 2.21. The van der Waals surface area contributed by atoms with Gasteiger partial charge in [-0.05, 0) is 43.4 Å². The second kappa shape index (κ2) is 6.79. The van der Waals surface area contributed by atoms with E-state index in [-0.39, 0.29) is 10.8 Å². The van der Waals surface area contributed by atoms with Crippen LogP contribution in [0.3, 0.4) is 0 Å². The first-order valence-electron chi connectivity index (χ1n) is 7.74. The number of aryl methyl sites for hydroxylation is 1. The van der Waals surface area contributed by atoms with Crippen molar-refractivity contribution in [2.45, 2.75) is 38.5 Å². The molecule has 0 bridgehead atoms. The van der Waals surface area contributed by atoms with Crippen molar-refractivity contribution in [1.29, 1.82) is 0 Å². The van der Waals surface area contributed by atoms with Crippen LogP contribution in [0.1, 0.15) is 42.6 Å². The van der Waals surface area contributed by atoms with E-state index in [1.807, 2.05) is 11.8 Å². The SMILES string of the molecule is CCNS(=O)(=O)c1ccc(C)c(C(=O)N2CCC(C)CC2)c1. The Bertz CT molecular complexity index is 647. The van der Waals surface area contributed by atoms with Crippen molar-refractivity contribution >= 4 is 15.9 Å². The van der Waals surface area contributed by atoms with Crippen LogP contribution in [0.4, 0.5) is 0 Å². The number of likely N-dealkylation sites (tertiary alicyclic amines) is 1. The van der Waals surface area contributed by atoms with Crippen molar-refractivity contribution in [3.05, 3.63) is 29.3 Å². The van der Waals surface area contributed by atoms with E-state index in [2.05, 4.69) is 11.6 Å². The van der Waals surface area contributed by atoms with Crippen LogP contribution in [-0.2, 0) is 10.0 Å². The van der Waals surface area contributed by atoms with E-state index in [0.717, 1.165) is 31.5 Å². The number of nitrogens with one attached hydrogen (secondary N) is 1. The molecular weight excluding hydrogens is 300 g/mol. The van der Waals surface area contributed by atoms with Crippen LogP contribution >= 0.6 is 0 Å². The summed E-state index contributed by atoms with van der Waals surface area (Å²) in [7, 11) is -3.54. The van der Waals surface area contributed by atoms with Crippen molar-refractivity contribution in [2.75, 3.05) is 19.6 Å². The lowest BCUT2D eigenvalue weighted by molar-refractivity contribution is 0.0696. The van der Waals surface area contributed by atoms with Gasteiger partial charge in [0.25, 0.3) is 5.91 Å². The van der Waals surface area contributed by atoms with Crippen LogP contribution in [0.25, 0.3) is 0 Å². The highest BCUT2D eigenvalue weighted by molar-refractivity contribution is 7.89. The minimum absolute atomic E-state index is 0.0713. The van der Waals surface area contributed by atoms with Gasteiger partial charge in [0.05, 0.1) is 4.90 Å². The summed E-state index contributed by atoms with van der Waals surface area (Å²) in [5, 5.41) is 0. The molecule has 0 radical (unpaired) electrons. The molecular formula is C16H24N2O3S. The number of sulfonamides is 1. The van der Waals surface area contributed by atoms with Gasteiger partial charge in [0.1, 0.15) is 0 Å². The molecule has 6 heteroatoms. The van der Waals surface area contributed by atoms with Gasteiger partial charge in [-0.1, -0.05) is 19.9 Å². The maximum absolute atomic E-state index is 12.7. The zero-order valence-corrected chi connectivity index (χ0v) is 14.2. The Morgan fingerprint density at radius 3 is 2.55 bits per heavy atom. The Kier molecular flexibility index (Phi) is 5.24. The van der Waals surface area contributed by atoms with Crippen molar-refractivity contribution < 1.29 is 13.2 Å². The predicted molar refractivity (Wildman–Crippen MR) is 86.3 cm³/mol. The van der Waals surface area contributed by atoms with Crippen molar-refractivity contribution in [2.24, 2.45) is 5.92 Å². The molecule has 0 atom stereocenters. The number of carbonyl (C=O) groups is 1. The molecule has 122 valence electrons. The van der Waals surface area contributed by atoms with Crippen LogP contribution in [-0.4, -0.2) is 38.9 Å². The van der Waals surface area contributed by atoms with Gasteiger partial charge in [-0.2, -0.15) is 0 Å². The van der Waals surface area contributed by atoms with Crippen LogP contribution in [0.2, 0.25) is 0 Å². The molecule has 22 heavy (non-hydrogen) atoms. The molecule has 0 unspecified atom stereocenters. The number of benzene rings is 1. The minimum atomic E-state index is -3.54. The van der Waals surface area contributed by atoms with Gasteiger partial charge in [-0.3, -0.25) is 4.79 Å². The lowest BCUT2D eigenvalue weighted by Crippen LogP contribution is -2.38. The quantitative estimate of drug-likeness (QED) is 0.923. The highest BCUT2D eigenvalue weighted by atomic mass is 32.2. The summed E-state index contributed by atoms with van der Waals surface area (Å²) in [6.07, 6.45) is 2.00. The van der Waals surface area contributed by atoms with Gasteiger partial charge >= 0.3 is 0 Å². The number of piperidine rings is 1. The summed E-state index contributed by atoms with van der Waals surface area (Å²) < 4.78 is 26.7. The third-order valence-corrected chi connectivity index (χ3v) is 5.70. The van der Waals surface area contributed by atoms with E-state index in [9.17, 15) is 13.2 Å². The average Bonchev–Trinajstić information content (AvgIpc) is 2.47. The Hall–Kier alpha value is -1.40. The zero-order chi connectivity index (χ0) is 16.3. The van der Waals surface area contributed by atoms with E-state index < -0.39 is 10.0 Å². The number of amides is 1. The largest absolute Gasteiger partial charge is 0.339 e. The molecule has 0 saturated carbocycles. The molecule has 1 heterocycles. The van der Waals surface area contributed by atoms with Gasteiger partial charge in [0.15, 0.2) is 0 Å². The fourth-order valence-corrected chi connectivity index (χ4v) is 3.72. The second-order valence-corrected chi connectivity index (χ2v) is 7.72. The Labute approximate surface area is 132 Å². The number of hydrogen-bond acceptors (Lipinski definition) is 3. The van der Waals surface area contributed by atoms with Gasteiger partial charge < -0.3 is 4.90 Å². The molecule has 1 N–H and O–H groups in total. The summed E-state index contributed by atoms with van der Waals surface area (Å²) in [5.74, 6) is 0.573. The molecule has 1 fully saturated rings. The fourth-order valence-electron chi connectivity index (χ4n) is 2.65. The van der Waals surface area contributed by atoms with Crippen molar-refractivity contribution in [3.8, 4) is 0 Å². The van der Waals surface area contributed by atoms with Gasteiger partial charge in [0.2, 0.25) is 10.0 Å². The molecule has 0 aliphatic carbocycles. The van der Waals surface area contributed by atoms with Crippen LogP contribution in [0, 0.1) is 12.8 Å². The van der Waals surface area contributed by atoms with Gasteiger partial charge in [0, 0.05) is 25.2 Å². The minimum Gasteiger partial charge on any atom is -0.339 e. The normalized spacial score (nSPS) is 16.8. The molecule has 1 saturated heterocycles. The first-order valence-corrected chi connectivity index (χ1v) is 9.23. The third-order valence-electron chi connectivity index (χ3n) is 4.15. The lowest BCUT2D eigenvalue weighted by Gasteiger charge is -2.30. The molecule has 1 aliphatic rings. The third kappa shape index (κ3) is 3.67. The van der Waals surface area contributed by atoms with Gasteiger partial charge in [-0.15, -0.1) is 0 Å². The maximum Gasteiger partial charge on any atom is 0.254 e. The molecule has 1 aromatic rings. The Balaban J connectivity index is 2.29. The Morgan fingerprint density at radius 2 is 1.95 bits per heavy atom. The molecule has 0 spiro atoms. The van der Waals surface area contributed by atoms with E-state index in [1.165, 1.54) is 6.07 Å². The van der Waals surface area contributed by atoms with E-state index in [4.69, 9.17) is 0 Å². The molecule has 1 aromatic carbocycles. The van der Waals surface area contributed by atoms with Gasteiger partial charge in [-0.25, -0.2) is 13.1 Å². The van der Waals surface area contributed by atoms with E-state index in [0.29, 0.717) is 18.0 Å². The average molecular weight is 324 g/mol. The summed E-state index contributed by atoms with van der Waals surface area (Å²) in [6.45, 7) is 7.56. The molecule has 0 aromatic heterocycles. The second-order valence-electron chi connectivity index (χ2n) is 5.95. The predicted octanol–water partition coefficient (Wildman–Crippen LogP) is 2.17. The Morgan fingerprint density at radius 1 is 1.32 bits per heavy atom. The monoisotopic (exact) mass is 324 g/mol. The smallest absolute Gasteiger partial charge is 0.254 e. The van der Waals surface area contributed by atoms with Crippen molar-refractivity contribution in [3.63, 3.8) is 0 Å². The summed E-state index contributed by atoms with van der Waals surface area (Å²) >= 11 is 0. The van der Waals surface area contributed by atoms with E-state index >= 15 is 0 Å². The maximum atomic E-state index is 12.7. The molecule has 1 aliphatic heterocycles. The zero-order valence-electron chi connectivity index (χ0n) is 13.4. The number of hydrogen-bond donors (Lipinski definition) is 1. The number of rotatable bonds is 4. The fraction of sp³-hybridized carbons (Fsp3) is 0.562. The number of nitrogens with zero attached hydrogens (tertiary/aromatic N) is 1.